The lowest BCUT2D eigenvalue weighted by molar-refractivity contribution is 0.972. The molecule has 0 amide bonds. The Bertz CT molecular complexity index is 1170. The fourth-order valence-corrected chi connectivity index (χ4v) is 3.85. The molecule has 0 fully saturated rings. The van der Waals surface area contributed by atoms with Crippen molar-refractivity contribution in [2.24, 2.45) is 0 Å². The van der Waals surface area contributed by atoms with Gasteiger partial charge in [0.25, 0.3) is 0 Å². The molecular formula is C24H22N6. The molecule has 0 saturated carbocycles. The molecule has 2 aromatic carbocycles. The Morgan fingerprint density at radius 2 is 1.87 bits per heavy atom. The monoisotopic (exact) mass is 394 g/mol. The molecule has 2 heterocycles. The van der Waals surface area contributed by atoms with Gasteiger partial charge in [0.15, 0.2) is 0 Å². The van der Waals surface area contributed by atoms with Crippen molar-refractivity contribution in [2.45, 2.75) is 33.1 Å². The summed E-state index contributed by atoms with van der Waals surface area (Å²) < 4.78 is 0. The van der Waals surface area contributed by atoms with E-state index < -0.39 is 0 Å². The molecule has 1 aliphatic rings. The zero-order valence-electron chi connectivity index (χ0n) is 17.1. The van der Waals surface area contributed by atoms with Crippen LogP contribution >= 0.6 is 0 Å². The van der Waals surface area contributed by atoms with E-state index in [4.69, 9.17) is 15.5 Å². The van der Waals surface area contributed by atoms with Crippen LogP contribution in [0.5, 0.6) is 0 Å². The van der Waals surface area contributed by atoms with Crippen molar-refractivity contribution < 1.29 is 0 Å². The summed E-state index contributed by atoms with van der Waals surface area (Å²) in [5.74, 6) is 1.48. The van der Waals surface area contributed by atoms with Crippen LogP contribution in [0.4, 0.5) is 23.1 Å². The van der Waals surface area contributed by atoms with E-state index in [0.717, 1.165) is 42.3 Å². The molecule has 0 saturated heterocycles. The van der Waals surface area contributed by atoms with Gasteiger partial charge in [0.2, 0.25) is 5.95 Å². The largest absolute Gasteiger partial charge is 0.325 e. The van der Waals surface area contributed by atoms with E-state index in [2.05, 4.69) is 52.5 Å². The summed E-state index contributed by atoms with van der Waals surface area (Å²) >= 11 is 0. The number of aromatic nitrogens is 2. The highest BCUT2D eigenvalue weighted by Gasteiger charge is 2.26. The van der Waals surface area contributed by atoms with Crippen molar-refractivity contribution in [2.75, 3.05) is 16.8 Å². The maximum atomic E-state index is 8.96. The molecular weight excluding hydrogens is 372 g/mol. The molecule has 30 heavy (non-hydrogen) atoms. The summed E-state index contributed by atoms with van der Waals surface area (Å²) in [6, 6.07) is 18.0. The first-order chi connectivity index (χ1) is 14.6. The Morgan fingerprint density at radius 3 is 2.57 bits per heavy atom. The second kappa shape index (κ2) is 8.23. The number of hydrogen-bond donors (Lipinski definition) is 1. The fourth-order valence-electron chi connectivity index (χ4n) is 3.85. The maximum absolute atomic E-state index is 8.96. The van der Waals surface area contributed by atoms with Crippen molar-refractivity contribution in [1.82, 2.24) is 9.97 Å². The van der Waals surface area contributed by atoms with Crippen LogP contribution in [0, 0.1) is 36.5 Å². The number of rotatable bonds is 5. The molecule has 6 heteroatoms. The second-order valence-corrected chi connectivity index (χ2v) is 7.43. The lowest BCUT2D eigenvalue weighted by Crippen LogP contribution is -2.16. The van der Waals surface area contributed by atoms with Crippen molar-refractivity contribution >= 4 is 23.1 Å². The number of nitrogens with zero attached hydrogens (tertiary/aromatic N) is 5. The van der Waals surface area contributed by atoms with Crippen molar-refractivity contribution in [1.29, 1.82) is 10.5 Å². The van der Waals surface area contributed by atoms with Gasteiger partial charge >= 0.3 is 0 Å². The molecule has 0 spiro atoms. The minimum Gasteiger partial charge on any atom is -0.325 e. The smallest absolute Gasteiger partial charge is 0.229 e. The Balaban J connectivity index is 1.63. The number of nitriles is 2. The summed E-state index contributed by atoms with van der Waals surface area (Å²) in [4.78, 5) is 11.7. The van der Waals surface area contributed by atoms with Crippen LogP contribution in [0.1, 0.15) is 34.4 Å². The minimum atomic E-state index is 0.530. The molecule has 6 nitrogen and oxygen atoms in total. The third kappa shape index (κ3) is 3.81. The van der Waals surface area contributed by atoms with E-state index in [1.54, 1.807) is 12.1 Å². The predicted octanol–water partition coefficient (Wildman–Crippen LogP) is 4.86. The normalized spacial score (nSPS) is 12.2. The first-order valence-electron chi connectivity index (χ1n) is 9.98. The van der Waals surface area contributed by atoms with Gasteiger partial charge in [0.05, 0.1) is 17.7 Å². The minimum absolute atomic E-state index is 0.530. The molecule has 3 aromatic rings. The number of benzene rings is 2. The zero-order chi connectivity index (χ0) is 21.1. The van der Waals surface area contributed by atoms with Gasteiger partial charge in [0, 0.05) is 35.6 Å². The molecule has 0 bridgehead atoms. The molecule has 0 unspecified atom stereocenters. The first-order valence-corrected chi connectivity index (χ1v) is 9.98. The van der Waals surface area contributed by atoms with Crippen LogP contribution in [0.15, 0.2) is 42.5 Å². The zero-order valence-corrected chi connectivity index (χ0v) is 17.1. The highest BCUT2D eigenvalue weighted by molar-refractivity contribution is 5.71. The van der Waals surface area contributed by atoms with Crippen LogP contribution < -0.4 is 10.2 Å². The van der Waals surface area contributed by atoms with E-state index in [9.17, 15) is 0 Å². The molecule has 1 aliphatic heterocycles. The third-order valence-electron chi connectivity index (χ3n) is 5.38. The molecule has 0 radical (unpaired) electrons. The average molecular weight is 394 g/mol. The lowest BCUT2D eigenvalue weighted by Gasteiger charge is -2.22. The Morgan fingerprint density at radius 1 is 1.07 bits per heavy atom. The predicted molar refractivity (Wildman–Crippen MR) is 117 cm³/mol. The number of nitrogens with one attached hydrogen (secondary N) is 1. The summed E-state index contributed by atoms with van der Waals surface area (Å²) in [6.45, 7) is 4.99. The molecule has 0 aliphatic carbocycles. The van der Waals surface area contributed by atoms with E-state index in [-0.39, 0.29) is 0 Å². The van der Waals surface area contributed by atoms with E-state index >= 15 is 0 Å². The van der Waals surface area contributed by atoms with Crippen molar-refractivity contribution in [3.8, 4) is 12.1 Å². The number of anilines is 4. The maximum Gasteiger partial charge on any atom is 0.229 e. The summed E-state index contributed by atoms with van der Waals surface area (Å²) in [6.07, 6.45) is 2.21. The van der Waals surface area contributed by atoms with E-state index in [0.29, 0.717) is 17.9 Å². The molecule has 0 atom stereocenters. The molecule has 4 rings (SSSR count). The van der Waals surface area contributed by atoms with E-state index in [1.165, 1.54) is 16.7 Å². The third-order valence-corrected chi connectivity index (χ3v) is 5.38. The van der Waals surface area contributed by atoms with Gasteiger partial charge in [-0.05, 0) is 68.1 Å². The Kier molecular flexibility index (Phi) is 5.32. The summed E-state index contributed by atoms with van der Waals surface area (Å²) in [5, 5.41) is 21.0. The van der Waals surface area contributed by atoms with Crippen molar-refractivity contribution in [3.63, 3.8) is 0 Å². The van der Waals surface area contributed by atoms with Crippen LogP contribution in [-0.4, -0.2) is 16.5 Å². The second-order valence-electron chi connectivity index (χ2n) is 7.43. The van der Waals surface area contributed by atoms with Gasteiger partial charge in [-0.15, -0.1) is 0 Å². The summed E-state index contributed by atoms with van der Waals surface area (Å²) in [5.41, 5.74) is 7.10. The SMILES string of the molecule is Cc1cc(CCC#N)ccc1N1CCc2c(C)nc(Nc3ccc(C#N)cc3)nc21. The van der Waals surface area contributed by atoms with Crippen LogP contribution in [0.25, 0.3) is 0 Å². The van der Waals surface area contributed by atoms with Gasteiger partial charge in [0.1, 0.15) is 5.82 Å². The highest BCUT2D eigenvalue weighted by atomic mass is 15.3. The van der Waals surface area contributed by atoms with Crippen LogP contribution in [0.2, 0.25) is 0 Å². The molecule has 148 valence electrons. The van der Waals surface area contributed by atoms with Crippen molar-refractivity contribution in [3.05, 3.63) is 70.4 Å². The number of fused-ring (bicyclic) bond motifs is 1. The first kappa shape index (κ1) is 19.4. The quantitative estimate of drug-likeness (QED) is 0.665. The number of hydrogen-bond acceptors (Lipinski definition) is 6. The Hall–Kier alpha value is -3.90. The van der Waals surface area contributed by atoms with Gasteiger partial charge in [-0.2, -0.15) is 15.5 Å². The fraction of sp³-hybridized carbons (Fsp3) is 0.250. The van der Waals surface area contributed by atoms with E-state index in [1.807, 2.05) is 19.1 Å². The van der Waals surface area contributed by atoms with Crippen LogP contribution in [-0.2, 0) is 12.8 Å². The van der Waals surface area contributed by atoms with Gasteiger partial charge in [-0.3, -0.25) is 0 Å². The lowest BCUT2D eigenvalue weighted by atomic mass is 10.1. The number of aryl methyl sites for hydroxylation is 3. The summed E-state index contributed by atoms with van der Waals surface area (Å²) in [7, 11) is 0. The molecule has 1 N–H and O–H groups in total. The van der Waals surface area contributed by atoms with Gasteiger partial charge in [-0.25, -0.2) is 4.98 Å². The Labute approximate surface area is 176 Å². The molecule has 1 aromatic heterocycles. The van der Waals surface area contributed by atoms with Gasteiger partial charge < -0.3 is 10.2 Å². The standard InChI is InChI=1S/C24H22N6/c1-16-14-18(4-3-12-25)7-10-22(16)30-13-11-21-17(2)27-24(29-23(21)30)28-20-8-5-19(15-26)6-9-20/h5-10,14H,3-4,11,13H2,1-2H3,(H,27,28,29). The van der Waals surface area contributed by atoms with Crippen LogP contribution in [0.3, 0.4) is 0 Å². The topological polar surface area (TPSA) is 88.6 Å². The highest BCUT2D eigenvalue weighted by Crippen LogP contribution is 2.37. The average Bonchev–Trinajstić information content (AvgIpc) is 3.17. The van der Waals surface area contributed by atoms with Gasteiger partial charge in [-0.1, -0.05) is 12.1 Å².